The van der Waals surface area contributed by atoms with Gasteiger partial charge in [0.2, 0.25) is 0 Å². The molecule has 0 saturated carbocycles. The van der Waals surface area contributed by atoms with Gasteiger partial charge in [0.05, 0.1) is 11.2 Å². The number of alkyl halides is 3. The largest absolute Gasteiger partial charge is 0.416 e. The molecule has 21 heavy (non-hydrogen) atoms. The SMILES string of the molecule is OC1(c2ccc(F)cc2C(F)(F)F)CC2CCCC(C1)S2. The normalized spacial score (nSPS) is 33.0. The summed E-state index contributed by atoms with van der Waals surface area (Å²) in [7, 11) is 0. The maximum Gasteiger partial charge on any atom is 0.416 e. The molecule has 0 amide bonds. The summed E-state index contributed by atoms with van der Waals surface area (Å²) in [6, 6.07) is 2.59. The first-order valence-electron chi connectivity index (χ1n) is 7.03. The fourth-order valence-electron chi connectivity index (χ4n) is 3.50. The van der Waals surface area contributed by atoms with Gasteiger partial charge >= 0.3 is 6.18 Å². The van der Waals surface area contributed by atoms with Crippen LogP contribution in [-0.2, 0) is 11.8 Å². The molecule has 0 aromatic heterocycles. The smallest absolute Gasteiger partial charge is 0.385 e. The Kier molecular flexibility index (Phi) is 3.72. The number of hydrogen-bond acceptors (Lipinski definition) is 2. The summed E-state index contributed by atoms with van der Waals surface area (Å²) in [4.78, 5) is 0. The van der Waals surface area contributed by atoms with E-state index in [9.17, 15) is 22.7 Å². The van der Waals surface area contributed by atoms with E-state index in [0.717, 1.165) is 31.4 Å². The van der Waals surface area contributed by atoms with Gasteiger partial charge in [-0.15, -0.1) is 0 Å². The lowest BCUT2D eigenvalue weighted by Crippen LogP contribution is -2.41. The Morgan fingerprint density at radius 2 is 1.76 bits per heavy atom. The van der Waals surface area contributed by atoms with E-state index in [4.69, 9.17) is 0 Å². The molecule has 1 aromatic rings. The molecule has 1 nitrogen and oxygen atoms in total. The molecular formula is C15H16F4OS. The summed E-state index contributed by atoms with van der Waals surface area (Å²) in [6.45, 7) is 0. The first-order chi connectivity index (χ1) is 9.78. The van der Waals surface area contributed by atoms with E-state index in [1.54, 1.807) is 11.8 Å². The fourth-order valence-corrected chi connectivity index (χ4v) is 5.39. The Hall–Kier alpha value is -0.750. The van der Waals surface area contributed by atoms with Gasteiger partial charge in [0.25, 0.3) is 0 Å². The van der Waals surface area contributed by atoms with Gasteiger partial charge in [0.15, 0.2) is 0 Å². The third-order valence-electron chi connectivity index (χ3n) is 4.36. The second kappa shape index (κ2) is 5.16. The number of aliphatic hydroxyl groups is 1. The minimum Gasteiger partial charge on any atom is -0.385 e. The summed E-state index contributed by atoms with van der Waals surface area (Å²) >= 11 is 1.77. The first-order valence-corrected chi connectivity index (χ1v) is 7.97. The van der Waals surface area contributed by atoms with Crippen LogP contribution in [0, 0.1) is 5.82 Å². The Balaban J connectivity index is 2.03. The predicted octanol–water partition coefficient (Wildman–Crippen LogP) is 4.48. The van der Waals surface area contributed by atoms with Crippen molar-refractivity contribution in [3.8, 4) is 0 Å². The molecular weight excluding hydrogens is 304 g/mol. The molecule has 0 spiro atoms. The lowest BCUT2D eigenvalue weighted by atomic mass is 9.78. The minimum atomic E-state index is -4.66. The van der Waals surface area contributed by atoms with Crippen LogP contribution in [0.25, 0.3) is 0 Å². The second-order valence-electron chi connectivity index (χ2n) is 5.94. The quantitative estimate of drug-likeness (QED) is 0.770. The molecule has 6 heteroatoms. The number of rotatable bonds is 1. The van der Waals surface area contributed by atoms with Gasteiger partial charge in [-0.1, -0.05) is 12.5 Å². The minimum absolute atomic E-state index is 0.173. The third kappa shape index (κ3) is 2.93. The molecule has 0 radical (unpaired) electrons. The molecule has 1 aromatic carbocycles. The Morgan fingerprint density at radius 3 is 2.33 bits per heavy atom. The van der Waals surface area contributed by atoms with Crippen molar-refractivity contribution in [2.75, 3.05) is 0 Å². The van der Waals surface area contributed by atoms with Crippen molar-refractivity contribution in [3.05, 3.63) is 35.1 Å². The van der Waals surface area contributed by atoms with Crippen molar-refractivity contribution in [1.29, 1.82) is 0 Å². The van der Waals surface area contributed by atoms with Crippen LogP contribution in [0.3, 0.4) is 0 Å². The molecule has 2 aliphatic heterocycles. The number of fused-ring (bicyclic) bond motifs is 2. The molecule has 1 N–H and O–H groups in total. The molecule has 2 saturated heterocycles. The van der Waals surface area contributed by atoms with Crippen LogP contribution in [0.4, 0.5) is 17.6 Å². The van der Waals surface area contributed by atoms with Crippen molar-refractivity contribution < 1.29 is 22.7 Å². The van der Waals surface area contributed by atoms with Gasteiger partial charge < -0.3 is 5.11 Å². The van der Waals surface area contributed by atoms with Crippen LogP contribution >= 0.6 is 11.8 Å². The summed E-state index contributed by atoms with van der Waals surface area (Å²) in [5, 5.41) is 11.2. The average molecular weight is 320 g/mol. The van der Waals surface area contributed by atoms with Gasteiger partial charge in [0, 0.05) is 10.5 Å². The molecule has 2 aliphatic rings. The van der Waals surface area contributed by atoms with E-state index >= 15 is 0 Å². The van der Waals surface area contributed by atoms with Crippen molar-refractivity contribution in [3.63, 3.8) is 0 Å². The van der Waals surface area contributed by atoms with Crippen LogP contribution < -0.4 is 0 Å². The molecule has 2 heterocycles. The van der Waals surface area contributed by atoms with E-state index in [-0.39, 0.29) is 16.1 Å². The van der Waals surface area contributed by atoms with E-state index in [1.807, 2.05) is 0 Å². The number of benzene rings is 1. The van der Waals surface area contributed by atoms with Crippen molar-refractivity contribution in [2.45, 2.75) is 54.4 Å². The molecule has 2 bridgehead atoms. The zero-order valence-electron chi connectivity index (χ0n) is 11.3. The molecule has 2 fully saturated rings. The monoisotopic (exact) mass is 320 g/mol. The van der Waals surface area contributed by atoms with Gasteiger partial charge in [-0.05, 0) is 43.4 Å². The average Bonchev–Trinajstić information content (AvgIpc) is 2.36. The van der Waals surface area contributed by atoms with Crippen molar-refractivity contribution in [2.24, 2.45) is 0 Å². The lowest BCUT2D eigenvalue weighted by molar-refractivity contribution is -0.141. The maximum atomic E-state index is 13.2. The van der Waals surface area contributed by atoms with Crippen LogP contribution in [0.15, 0.2) is 18.2 Å². The summed E-state index contributed by atoms with van der Waals surface area (Å²) in [5.74, 6) is -0.931. The molecule has 0 aliphatic carbocycles. The van der Waals surface area contributed by atoms with E-state index in [2.05, 4.69) is 0 Å². The highest BCUT2D eigenvalue weighted by Crippen LogP contribution is 2.51. The molecule has 2 unspecified atom stereocenters. The topological polar surface area (TPSA) is 20.2 Å². The van der Waals surface area contributed by atoms with Crippen molar-refractivity contribution in [1.82, 2.24) is 0 Å². The van der Waals surface area contributed by atoms with Crippen molar-refractivity contribution >= 4 is 11.8 Å². The van der Waals surface area contributed by atoms with Crippen LogP contribution in [0.1, 0.15) is 43.2 Å². The first kappa shape index (κ1) is 15.2. The van der Waals surface area contributed by atoms with Crippen LogP contribution in [0.5, 0.6) is 0 Å². The molecule has 2 atom stereocenters. The third-order valence-corrected chi connectivity index (χ3v) is 5.93. The maximum absolute atomic E-state index is 13.2. The van der Waals surface area contributed by atoms with Crippen LogP contribution in [-0.4, -0.2) is 15.6 Å². The van der Waals surface area contributed by atoms with E-state index in [1.165, 1.54) is 0 Å². The molecule has 116 valence electrons. The fraction of sp³-hybridized carbons (Fsp3) is 0.600. The zero-order valence-corrected chi connectivity index (χ0v) is 12.1. The Morgan fingerprint density at radius 1 is 1.14 bits per heavy atom. The highest BCUT2D eigenvalue weighted by atomic mass is 32.2. The van der Waals surface area contributed by atoms with Crippen LogP contribution in [0.2, 0.25) is 0 Å². The zero-order chi connectivity index (χ0) is 15.3. The number of hydrogen-bond donors (Lipinski definition) is 1. The van der Waals surface area contributed by atoms with Gasteiger partial charge in [0.1, 0.15) is 5.82 Å². The van der Waals surface area contributed by atoms with Gasteiger partial charge in [-0.2, -0.15) is 24.9 Å². The Labute approximate surface area is 124 Å². The Bertz CT molecular complexity index is 531. The standard InChI is InChI=1S/C15H16F4OS/c16-9-4-5-12(13(6-9)15(17,18)19)14(20)7-10-2-1-3-11(8-14)21-10/h4-6,10-11,20H,1-3,7-8H2. The van der Waals surface area contributed by atoms with E-state index < -0.39 is 23.2 Å². The lowest BCUT2D eigenvalue weighted by Gasteiger charge is -2.44. The molecule has 3 rings (SSSR count). The van der Waals surface area contributed by atoms with Gasteiger partial charge in [-0.3, -0.25) is 0 Å². The predicted molar refractivity (Wildman–Crippen MR) is 73.6 cm³/mol. The van der Waals surface area contributed by atoms with Gasteiger partial charge in [-0.25, -0.2) is 4.39 Å². The number of thioether (sulfide) groups is 1. The van der Waals surface area contributed by atoms with E-state index in [0.29, 0.717) is 18.9 Å². The highest BCUT2D eigenvalue weighted by Gasteiger charge is 2.47. The summed E-state index contributed by atoms with van der Waals surface area (Å²) in [6.07, 6.45) is -1.13. The highest BCUT2D eigenvalue weighted by molar-refractivity contribution is 8.00. The second-order valence-corrected chi connectivity index (χ2v) is 7.54. The summed E-state index contributed by atoms with van der Waals surface area (Å²) < 4.78 is 52.7. The summed E-state index contributed by atoms with van der Waals surface area (Å²) in [5.41, 5.74) is -2.72. The number of halogens is 4.